The monoisotopic (exact) mass is 280 g/mol. The Morgan fingerprint density at radius 2 is 1.95 bits per heavy atom. The lowest BCUT2D eigenvalue weighted by molar-refractivity contribution is -0.163. The molecule has 1 aliphatic carbocycles. The smallest absolute Gasteiger partial charge is 0.334 e. The summed E-state index contributed by atoms with van der Waals surface area (Å²) in [5.74, 6) is -4.48. The number of allylic oxidation sites excluding steroid dienone is 1. The van der Waals surface area contributed by atoms with Crippen molar-refractivity contribution >= 4 is 5.78 Å². The molecular weight excluding hydrogens is 262 g/mol. The molecule has 0 fully saturated rings. The number of ketones is 1. The average Bonchev–Trinajstić information content (AvgIpc) is 2.43. The van der Waals surface area contributed by atoms with Gasteiger partial charge in [0.1, 0.15) is 6.10 Å². The lowest BCUT2D eigenvalue weighted by Gasteiger charge is -2.26. The maximum absolute atomic E-state index is 14.1. The SMILES string of the molecule is C/C1=C/C(OCc2ccccc2)C(F)(F)C(=O)CCC1. The molecule has 0 radical (unpaired) electrons. The molecule has 0 N–H and O–H groups in total. The van der Waals surface area contributed by atoms with Crippen LogP contribution in [0.2, 0.25) is 0 Å². The van der Waals surface area contributed by atoms with Gasteiger partial charge < -0.3 is 4.74 Å². The number of hydrogen-bond donors (Lipinski definition) is 0. The van der Waals surface area contributed by atoms with Crippen molar-refractivity contribution in [2.45, 2.75) is 44.8 Å². The zero-order valence-electron chi connectivity index (χ0n) is 11.4. The summed E-state index contributed by atoms with van der Waals surface area (Å²) in [7, 11) is 0. The molecule has 0 aliphatic heterocycles. The van der Waals surface area contributed by atoms with Gasteiger partial charge in [0.05, 0.1) is 6.61 Å². The van der Waals surface area contributed by atoms with E-state index in [1.54, 1.807) is 19.1 Å². The van der Waals surface area contributed by atoms with Crippen LogP contribution in [0.15, 0.2) is 42.0 Å². The standard InChI is InChI=1S/C16H18F2O2/c1-12-6-5-9-14(19)16(17,18)15(10-12)20-11-13-7-3-2-4-8-13/h2-4,7-8,10,15H,5-6,9,11H2,1H3/b12-10-. The Balaban J connectivity index is 2.14. The van der Waals surface area contributed by atoms with Crippen LogP contribution in [0.4, 0.5) is 8.78 Å². The van der Waals surface area contributed by atoms with Crippen LogP contribution < -0.4 is 0 Å². The van der Waals surface area contributed by atoms with Gasteiger partial charge in [0, 0.05) is 6.42 Å². The van der Waals surface area contributed by atoms with Gasteiger partial charge in [0.2, 0.25) is 5.78 Å². The Morgan fingerprint density at radius 1 is 1.25 bits per heavy atom. The van der Waals surface area contributed by atoms with Crippen molar-refractivity contribution in [3.63, 3.8) is 0 Å². The first-order chi connectivity index (χ1) is 9.50. The molecule has 108 valence electrons. The molecule has 1 aliphatic rings. The molecule has 0 aromatic heterocycles. The second-order valence-corrected chi connectivity index (χ2v) is 5.13. The van der Waals surface area contributed by atoms with E-state index in [1.807, 2.05) is 18.2 Å². The van der Waals surface area contributed by atoms with E-state index in [-0.39, 0.29) is 13.0 Å². The molecule has 1 aromatic rings. The van der Waals surface area contributed by atoms with Crippen molar-refractivity contribution in [3.8, 4) is 0 Å². The minimum Gasteiger partial charge on any atom is -0.363 e. The highest BCUT2D eigenvalue weighted by Gasteiger charge is 2.46. The van der Waals surface area contributed by atoms with E-state index in [1.165, 1.54) is 6.08 Å². The first kappa shape index (κ1) is 14.9. The molecule has 0 spiro atoms. The second kappa shape index (κ2) is 6.27. The summed E-state index contributed by atoms with van der Waals surface area (Å²) in [5, 5.41) is 0. The van der Waals surface area contributed by atoms with Gasteiger partial charge in [-0.15, -0.1) is 0 Å². The quantitative estimate of drug-likeness (QED) is 0.785. The molecule has 0 amide bonds. The number of benzene rings is 1. The third-order valence-corrected chi connectivity index (χ3v) is 3.41. The minimum absolute atomic E-state index is 0.0676. The molecule has 0 saturated carbocycles. The zero-order chi connectivity index (χ0) is 14.6. The van der Waals surface area contributed by atoms with Gasteiger partial charge in [0.25, 0.3) is 0 Å². The van der Waals surface area contributed by atoms with Crippen molar-refractivity contribution in [1.29, 1.82) is 0 Å². The van der Waals surface area contributed by atoms with Crippen LogP contribution in [-0.4, -0.2) is 17.8 Å². The summed E-state index contributed by atoms with van der Waals surface area (Å²) in [6, 6.07) is 9.10. The van der Waals surface area contributed by atoms with Crippen LogP contribution in [0.5, 0.6) is 0 Å². The maximum Gasteiger partial charge on any atom is 0.334 e. The Labute approximate surface area is 117 Å². The molecular formula is C16H18F2O2. The summed E-state index contributed by atoms with van der Waals surface area (Å²) in [5.41, 5.74) is 1.65. The molecule has 0 bridgehead atoms. The molecule has 0 heterocycles. The Hall–Kier alpha value is -1.55. The van der Waals surface area contributed by atoms with E-state index < -0.39 is 17.8 Å². The number of carbonyl (C=O) groups excluding carboxylic acids is 1. The molecule has 2 nitrogen and oxygen atoms in total. The molecule has 2 rings (SSSR count). The van der Waals surface area contributed by atoms with Crippen LogP contribution in [0.1, 0.15) is 31.7 Å². The molecule has 0 saturated heterocycles. The minimum atomic E-state index is -3.45. The summed E-state index contributed by atoms with van der Waals surface area (Å²) in [6.07, 6.45) is 0.953. The van der Waals surface area contributed by atoms with Crippen LogP contribution in [0.25, 0.3) is 0 Å². The van der Waals surface area contributed by atoms with Crippen LogP contribution in [0, 0.1) is 0 Å². The largest absolute Gasteiger partial charge is 0.363 e. The van der Waals surface area contributed by atoms with E-state index >= 15 is 0 Å². The Morgan fingerprint density at radius 3 is 2.65 bits per heavy atom. The zero-order valence-corrected chi connectivity index (χ0v) is 11.4. The lowest BCUT2D eigenvalue weighted by atomic mass is 9.95. The average molecular weight is 280 g/mol. The van der Waals surface area contributed by atoms with Gasteiger partial charge in [-0.25, -0.2) is 0 Å². The highest BCUT2D eigenvalue weighted by atomic mass is 19.3. The second-order valence-electron chi connectivity index (χ2n) is 5.13. The van der Waals surface area contributed by atoms with Gasteiger partial charge in [0.15, 0.2) is 0 Å². The molecule has 1 aromatic carbocycles. The molecule has 20 heavy (non-hydrogen) atoms. The van der Waals surface area contributed by atoms with Gasteiger partial charge in [-0.1, -0.05) is 42.0 Å². The normalized spacial score (nSPS) is 25.4. The fourth-order valence-electron chi connectivity index (χ4n) is 2.21. The van der Waals surface area contributed by atoms with Crippen molar-refractivity contribution < 1.29 is 18.3 Å². The highest BCUT2D eigenvalue weighted by Crippen LogP contribution is 2.30. The van der Waals surface area contributed by atoms with Gasteiger partial charge in [-0.2, -0.15) is 8.78 Å². The predicted molar refractivity (Wildman–Crippen MR) is 72.6 cm³/mol. The van der Waals surface area contributed by atoms with Crippen molar-refractivity contribution in [2.24, 2.45) is 0 Å². The summed E-state index contributed by atoms with van der Waals surface area (Å²) in [4.78, 5) is 11.6. The van der Waals surface area contributed by atoms with Crippen LogP contribution >= 0.6 is 0 Å². The first-order valence-corrected chi connectivity index (χ1v) is 6.74. The summed E-state index contributed by atoms with van der Waals surface area (Å²) in [6.45, 7) is 1.86. The van der Waals surface area contributed by atoms with Crippen LogP contribution in [-0.2, 0) is 16.1 Å². The van der Waals surface area contributed by atoms with E-state index in [0.29, 0.717) is 12.8 Å². The van der Waals surface area contributed by atoms with E-state index in [0.717, 1.165) is 11.1 Å². The van der Waals surface area contributed by atoms with E-state index in [9.17, 15) is 13.6 Å². The van der Waals surface area contributed by atoms with Crippen LogP contribution in [0.3, 0.4) is 0 Å². The van der Waals surface area contributed by atoms with Crippen molar-refractivity contribution in [2.75, 3.05) is 0 Å². The third kappa shape index (κ3) is 3.51. The van der Waals surface area contributed by atoms with Gasteiger partial charge in [-0.3, -0.25) is 4.79 Å². The number of hydrogen-bond acceptors (Lipinski definition) is 2. The number of alkyl halides is 2. The number of carbonyl (C=O) groups is 1. The van der Waals surface area contributed by atoms with E-state index in [4.69, 9.17) is 4.74 Å². The summed E-state index contributed by atoms with van der Waals surface area (Å²) < 4.78 is 33.4. The number of Topliss-reactive ketones (excluding diaryl/α,β-unsaturated/α-hetero) is 1. The van der Waals surface area contributed by atoms with Gasteiger partial charge >= 0.3 is 5.92 Å². The highest BCUT2D eigenvalue weighted by molar-refractivity contribution is 5.86. The Kier molecular flexibility index (Phi) is 4.65. The molecule has 4 heteroatoms. The first-order valence-electron chi connectivity index (χ1n) is 6.74. The molecule has 1 unspecified atom stereocenters. The summed E-state index contributed by atoms with van der Waals surface area (Å²) >= 11 is 0. The third-order valence-electron chi connectivity index (χ3n) is 3.41. The van der Waals surface area contributed by atoms with Gasteiger partial charge in [-0.05, 0) is 25.3 Å². The lowest BCUT2D eigenvalue weighted by Crippen LogP contribution is -2.42. The fraction of sp³-hybridized carbons (Fsp3) is 0.438. The number of ether oxygens (including phenoxy) is 1. The topological polar surface area (TPSA) is 26.3 Å². The Bertz CT molecular complexity index is 494. The number of rotatable bonds is 3. The predicted octanol–water partition coefficient (Wildman–Crippen LogP) is 3.91. The maximum atomic E-state index is 14.1. The molecule has 1 atom stereocenters. The van der Waals surface area contributed by atoms with Crippen molar-refractivity contribution in [3.05, 3.63) is 47.5 Å². The fourth-order valence-corrected chi connectivity index (χ4v) is 2.21. The number of halogens is 2. The van der Waals surface area contributed by atoms with Crippen molar-refractivity contribution in [1.82, 2.24) is 0 Å². The van der Waals surface area contributed by atoms with E-state index in [2.05, 4.69) is 0 Å².